The number of rotatable bonds is 6. The summed E-state index contributed by atoms with van der Waals surface area (Å²) in [5.41, 5.74) is 5.70. The topological polar surface area (TPSA) is 45.7 Å². The second-order valence-electron chi connectivity index (χ2n) is 8.35. The van der Waals surface area contributed by atoms with Crippen LogP contribution in [0.15, 0.2) is 52.2 Å². The van der Waals surface area contributed by atoms with Crippen molar-refractivity contribution in [1.29, 1.82) is 0 Å². The number of thioether (sulfide) groups is 1. The molecule has 5 nitrogen and oxygen atoms in total. The highest BCUT2D eigenvalue weighted by Gasteiger charge is 2.22. The zero-order valence-electron chi connectivity index (χ0n) is 18.3. The average Bonchev–Trinajstić information content (AvgIpc) is 3.46. The number of hydrogen-bond acceptors (Lipinski definition) is 6. The van der Waals surface area contributed by atoms with E-state index in [2.05, 4.69) is 45.6 Å². The lowest BCUT2D eigenvalue weighted by molar-refractivity contribution is 0.0628. The molecule has 2 aliphatic heterocycles. The van der Waals surface area contributed by atoms with Crippen LogP contribution in [0.25, 0.3) is 0 Å². The summed E-state index contributed by atoms with van der Waals surface area (Å²) in [5.74, 6) is 2.04. The first-order valence-electron chi connectivity index (χ1n) is 11.0. The van der Waals surface area contributed by atoms with E-state index < -0.39 is 0 Å². The normalized spacial score (nSPS) is 16.1. The number of hydrogen-bond donors (Lipinski definition) is 0. The average molecular weight is 466 g/mol. The molecule has 0 atom stereocenters. The molecule has 166 valence electrons. The third-order valence-corrected chi connectivity index (χ3v) is 8.19. The molecule has 5 rings (SSSR count). The fourth-order valence-corrected chi connectivity index (χ4v) is 5.98. The minimum atomic E-state index is 0.133. The largest absolute Gasteiger partial charge is 0.493 e. The number of amides is 1. The lowest BCUT2D eigenvalue weighted by Gasteiger charge is -2.35. The van der Waals surface area contributed by atoms with Crippen LogP contribution in [0.3, 0.4) is 0 Å². The van der Waals surface area contributed by atoms with E-state index in [1.54, 1.807) is 23.1 Å². The van der Waals surface area contributed by atoms with Crippen LogP contribution in [0.2, 0.25) is 0 Å². The SMILES string of the molecule is Cc1csc(SCc2ccc(C(=O)N3CCN(Cc4ccc5c(c4)CCO5)CC3)cc2)n1. The molecule has 3 aromatic rings. The summed E-state index contributed by atoms with van der Waals surface area (Å²) in [6.07, 6.45) is 1.01. The lowest BCUT2D eigenvalue weighted by Crippen LogP contribution is -2.48. The Morgan fingerprint density at radius 2 is 1.88 bits per heavy atom. The minimum absolute atomic E-state index is 0.133. The molecule has 1 aromatic heterocycles. The third kappa shape index (κ3) is 5.00. The van der Waals surface area contributed by atoms with Crippen molar-refractivity contribution in [1.82, 2.24) is 14.8 Å². The predicted octanol–water partition coefficient (Wildman–Crippen LogP) is 4.64. The van der Waals surface area contributed by atoms with Crippen LogP contribution >= 0.6 is 23.1 Å². The monoisotopic (exact) mass is 465 g/mol. The Kier molecular flexibility index (Phi) is 6.48. The molecule has 0 unspecified atom stereocenters. The molecule has 0 N–H and O–H groups in total. The van der Waals surface area contributed by atoms with Crippen LogP contribution in [0, 0.1) is 6.92 Å². The highest BCUT2D eigenvalue weighted by Crippen LogP contribution is 2.27. The number of fused-ring (bicyclic) bond motifs is 1. The van der Waals surface area contributed by atoms with Crippen LogP contribution in [-0.2, 0) is 18.7 Å². The maximum atomic E-state index is 13.0. The zero-order valence-corrected chi connectivity index (χ0v) is 19.9. The van der Waals surface area contributed by atoms with Crippen LogP contribution in [0.1, 0.15) is 32.7 Å². The summed E-state index contributed by atoms with van der Waals surface area (Å²) in [5, 5.41) is 2.07. The van der Waals surface area contributed by atoms with Crippen LogP contribution in [-0.4, -0.2) is 53.5 Å². The van der Waals surface area contributed by atoms with Gasteiger partial charge in [-0.05, 0) is 41.8 Å². The number of aryl methyl sites for hydroxylation is 1. The van der Waals surface area contributed by atoms with Gasteiger partial charge in [-0.2, -0.15) is 0 Å². The van der Waals surface area contributed by atoms with Crippen molar-refractivity contribution in [3.8, 4) is 5.75 Å². The fourth-order valence-electron chi connectivity index (χ4n) is 4.18. The van der Waals surface area contributed by atoms with Crippen molar-refractivity contribution in [2.24, 2.45) is 0 Å². The Labute approximate surface area is 197 Å². The predicted molar refractivity (Wildman–Crippen MR) is 130 cm³/mol. The van der Waals surface area contributed by atoms with E-state index in [-0.39, 0.29) is 5.91 Å². The molecule has 0 saturated carbocycles. The Hall–Kier alpha value is -2.35. The fraction of sp³-hybridized carbons (Fsp3) is 0.360. The smallest absolute Gasteiger partial charge is 0.253 e. The second kappa shape index (κ2) is 9.65. The lowest BCUT2D eigenvalue weighted by atomic mass is 10.1. The highest BCUT2D eigenvalue weighted by molar-refractivity contribution is 8.00. The quantitative estimate of drug-likeness (QED) is 0.497. The maximum absolute atomic E-state index is 13.0. The van der Waals surface area contributed by atoms with Crippen molar-refractivity contribution in [2.45, 2.75) is 30.0 Å². The van der Waals surface area contributed by atoms with Crippen molar-refractivity contribution >= 4 is 29.0 Å². The summed E-state index contributed by atoms with van der Waals surface area (Å²) < 4.78 is 6.70. The molecular weight excluding hydrogens is 438 g/mol. The summed E-state index contributed by atoms with van der Waals surface area (Å²) >= 11 is 3.43. The molecule has 0 radical (unpaired) electrons. The van der Waals surface area contributed by atoms with E-state index in [9.17, 15) is 4.79 Å². The first kappa shape index (κ1) is 21.5. The minimum Gasteiger partial charge on any atom is -0.493 e. The number of piperazine rings is 1. The van der Waals surface area contributed by atoms with Crippen molar-refractivity contribution in [2.75, 3.05) is 32.8 Å². The molecule has 1 saturated heterocycles. The van der Waals surface area contributed by atoms with Gasteiger partial charge >= 0.3 is 0 Å². The molecule has 32 heavy (non-hydrogen) atoms. The van der Waals surface area contributed by atoms with Crippen molar-refractivity contribution < 1.29 is 9.53 Å². The molecule has 0 bridgehead atoms. The molecule has 2 aromatic carbocycles. The first-order valence-corrected chi connectivity index (χ1v) is 12.9. The summed E-state index contributed by atoms with van der Waals surface area (Å²) in [6, 6.07) is 14.6. The van der Waals surface area contributed by atoms with Crippen molar-refractivity contribution in [3.05, 3.63) is 75.8 Å². The summed E-state index contributed by atoms with van der Waals surface area (Å²) in [4.78, 5) is 21.9. The Balaban J connectivity index is 1.11. The highest BCUT2D eigenvalue weighted by atomic mass is 32.2. The standard InChI is InChI=1S/C25H27N3O2S2/c1-18-16-31-25(26-18)32-17-19-2-5-21(6-3-19)24(29)28-11-9-27(10-12-28)15-20-4-7-23-22(14-20)8-13-30-23/h2-7,14,16H,8-13,15,17H2,1H3. The van der Waals surface area contributed by atoms with Crippen LogP contribution in [0.5, 0.6) is 5.75 Å². The number of carbonyl (C=O) groups is 1. The van der Waals surface area contributed by atoms with Gasteiger partial charge in [-0.25, -0.2) is 4.98 Å². The number of carbonyl (C=O) groups excluding carboxylic acids is 1. The summed E-state index contributed by atoms with van der Waals surface area (Å²) in [6.45, 7) is 7.10. The van der Waals surface area contributed by atoms with Gasteiger partial charge in [0.1, 0.15) is 10.1 Å². The van der Waals surface area contributed by atoms with E-state index in [0.29, 0.717) is 0 Å². The van der Waals surface area contributed by atoms with Gasteiger partial charge < -0.3 is 9.64 Å². The van der Waals surface area contributed by atoms with Crippen LogP contribution in [0.4, 0.5) is 0 Å². The molecular formula is C25H27N3O2S2. The van der Waals surface area contributed by atoms with E-state index in [1.165, 1.54) is 16.7 Å². The van der Waals surface area contributed by atoms with Gasteiger partial charge in [-0.3, -0.25) is 9.69 Å². The molecule has 7 heteroatoms. The number of ether oxygens (including phenoxy) is 1. The number of thiazole rings is 1. The maximum Gasteiger partial charge on any atom is 0.253 e. The zero-order chi connectivity index (χ0) is 21.9. The van der Waals surface area contributed by atoms with E-state index in [0.717, 1.165) is 72.9 Å². The first-order chi connectivity index (χ1) is 15.6. The van der Waals surface area contributed by atoms with Gasteiger partial charge in [-0.15, -0.1) is 11.3 Å². The molecule has 1 fully saturated rings. The van der Waals surface area contributed by atoms with Gasteiger partial charge in [0, 0.05) is 61.5 Å². The number of nitrogens with zero attached hydrogens (tertiary/aromatic N) is 3. The van der Waals surface area contributed by atoms with Crippen LogP contribution < -0.4 is 4.74 Å². The molecule has 3 heterocycles. The van der Waals surface area contributed by atoms with Gasteiger partial charge in [0.2, 0.25) is 0 Å². The Morgan fingerprint density at radius 1 is 1.09 bits per heavy atom. The third-order valence-electron chi connectivity index (χ3n) is 5.98. The van der Waals surface area contributed by atoms with E-state index >= 15 is 0 Å². The van der Waals surface area contributed by atoms with Gasteiger partial charge in [0.25, 0.3) is 5.91 Å². The Morgan fingerprint density at radius 3 is 2.62 bits per heavy atom. The number of aromatic nitrogens is 1. The van der Waals surface area contributed by atoms with Crippen molar-refractivity contribution in [3.63, 3.8) is 0 Å². The van der Waals surface area contributed by atoms with E-state index in [4.69, 9.17) is 4.74 Å². The van der Waals surface area contributed by atoms with E-state index in [1.807, 2.05) is 24.0 Å². The van der Waals surface area contributed by atoms with Gasteiger partial charge in [-0.1, -0.05) is 36.0 Å². The molecule has 2 aliphatic rings. The molecule has 1 amide bonds. The second-order valence-corrected chi connectivity index (χ2v) is 10.4. The van der Waals surface area contributed by atoms with Gasteiger partial charge in [0.15, 0.2) is 0 Å². The molecule has 0 aliphatic carbocycles. The van der Waals surface area contributed by atoms with Gasteiger partial charge in [0.05, 0.1) is 6.61 Å². The summed E-state index contributed by atoms with van der Waals surface area (Å²) in [7, 11) is 0. The molecule has 0 spiro atoms. The number of benzene rings is 2. The Bertz CT molecular complexity index is 1090.